The molecule has 4 rings (SSSR count). The number of halogens is 1. The lowest BCUT2D eigenvalue weighted by molar-refractivity contribution is -0.125. The first-order valence-electron chi connectivity index (χ1n) is 9.83. The lowest BCUT2D eigenvalue weighted by Gasteiger charge is -2.15. The quantitative estimate of drug-likeness (QED) is 0.430. The van der Waals surface area contributed by atoms with Crippen LogP contribution in [-0.4, -0.2) is 32.6 Å². The number of carbonyl (C=O) groups is 1. The molecule has 0 aliphatic carbocycles. The minimum atomic E-state index is -0.295. The summed E-state index contributed by atoms with van der Waals surface area (Å²) in [5, 5.41) is 4.71. The number of nitrogens with zero attached hydrogens (tertiary/aromatic N) is 4. The van der Waals surface area contributed by atoms with Crippen LogP contribution in [0.15, 0.2) is 91.4 Å². The van der Waals surface area contributed by atoms with Gasteiger partial charge in [-0.3, -0.25) is 9.78 Å². The van der Waals surface area contributed by atoms with Crippen LogP contribution in [0.25, 0.3) is 23.0 Å². The number of likely N-dealkylation sites (N-methyl/N-ethyl adjacent to an activating group) is 1. The molecule has 0 fully saturated rings. The molecule has 5 nitrogen and oxygen atoms in total. The molecule has 0 bridgehead atoms. The van der Waals surface area contributed by atoms with E-state index in [2.05, 4.69) is 4.98 Å². The van der Waals surface area contributed by atoms with Gasteiger partial charge >= 0.3 is 0 Å². The van der Waals surface area contributed by atoms with E-state index in [1.54, 1.807) is 47.2 Å². The summed E-state index contributed by atoms with van der Waals surface area (Å²) >= 11 is 0. The summed E-state index contributed by atoms with van der Waals surface area (Å²) in [4.78, 5) is 18.4. The van der Waals surface area contributed by atoms with Gasteiger partial charge < -0.3 is 4.90 Å². The van der Waals surface area contributed by atoms with Crippen molar-refractivity contribution in [3.8, 4) is 16.9 Å². The zero-order valence-corrected chi connectivity index (χ0v) is 17.0. The van der Waals surface area contributed by atoms with Crippen molar-refractivity contribution < 1.29 is 9.18 Å². The Morgan fingerprint density at radius 2 is 1.84 bits per heavy atom. The van der Waals surface area contributed by atoms with E-state index in [4.69, 9.17) is 5.10 Å². The molecule has 0 radical (unpaired) electrons. The highest BCUT2D eigenvalue weighted by Crippen LogP contribution is 2.24. The summed E-state index contributed by atoms with van der Waals surface area (Å²) in [6.07, 6.45) is 8.63. The third kappa shape index (κ3) is 4.93. The first-order chi connectivity index (χ1) is 15.1. The van der Waals surface area contributed by atoms with E-state index in [-0.39, 0.29) is 11.7 Å². The van der Waals surface area contributed by atoms with Gasteiger partial charge in [-0.1, -0.05) is 30.3 Å². The standard InChI is InChI=1S/C25H21FN4O/c1-29(17-19-9-12-22(26)13-10-19)24(31)14-11-21-18-30(23-7-3-2-4-8-23)28-25(21)20-6-5-15-27-16-20/h2-16,18H,17H2,1H3/b14-11+. The molecule has 6 heteroatoms. The molecule has 0 aliphatic heterocycles. The van der Waals surface area contributed by atoms with Gasteiger partial charge in [0.05, 0.1) is 5.69 Å². The molecule has 0 saturated heterocycles. The highest BCUT2D eigenvalue weighted by molar-refractivity contribution is 5.92. The fourth-order valence-corrected chi connectivity index (χ4v) is 3.18. The second-order valence-corrected chi connectivity index (χ2v) is 7.11. The van der Waals surface area contributed by atoms with Gasteiger partial charge in [-0.2, -0.15) is 5.10 Å². The smallest absolute Gasteiger partial charge is 0.246 e. The van der Waals surface area contributed by atoms with Crippen LogP contribution in [0.5, 0.6) is 0 Å². The van der Waals surface area contributed by atoms with Crippen LogP contribution in [0.2, 0.25) is 0 Å². The summed E-state index contributed by atoms with van der Waals surface area (Å²) in [5.41, 5.74) is 4.19. The summed E-state index contributed by atoms with van der Waals surface area (Å²) in [5.74, 6) is -0.454. The van der Waals surface area contributed by atoms with Gasteiger partial charge in [-0.05, 0) is 48.0 Å². The third-order valence-electron chi connectivity index (χ3n) is 4.81. The minimum absolute atomic E-state index is 0.158. The molecule has 31 heavy (non-hydrogen) atoms. The van der Waals surface area contributed by atoms with Crippen LogP contribution in [0.1, 0.15) is 11.1 Å². The molecule has 1 amide bonds. The van der Waals surface area contributed by atoms with E-state index in [1.165, 1.54) is 18.2 Å². The van der Waals surface area contributed by atoms with Crippen LogP contribution in [-0.2, 0) is 11.3 Å². The van der Waals surface area contributed by atoms with E-state index < -0.39 is 0 Å². The Bertz CT molecular complexity index is 1190. The molecule has 2 aromatic carbocycles. The molecule has 2 heterocycles. The SMILES string of the molecule is CN(Cc1ccc(F)cc1)C(=O)/C=C/c1cn(-c2ccccc2)nc1-c1cccnc1. The van der Waals surface area contributed by atoms with Gasteiger partial charge in [0.1, 0.15) is 11.5 Å². The van der Waals surface area contributed by atoms with E-state index in [1.807, 2.05) is 48.7 Å². The number of hydrogen-bond acceptors (Lipinski definition) is 3. The number of pyridine rings is 1. The van der Waals surface area contributed by atoms with Gasteiger partial charge in [0.2, 0.25) is 5.91 Å². The molecule has 0 spiro atoms. The molecule has 0 unspecified atom stereocenters. The molecule has 0 N–H and O–H groups in total. The molecule has 4 aromatic rings. The second-order valence-electron chi connectivity index (χ2n) is 7.11. The maximum absolute atomic E-state index is 13.1. The largest absolute Gasteiger partial charge is 0.338 e. The molecule has 154 valence electrons. The van der Waals surface area contributed by atoms with Crippen molar-refractivity contribution in [3.63, 3.8) is 0 Å². The summed E-state index contributed by atoms with van der Waals surface area (Å²) in [6.45, 7) is 0.391. The van der Waals surface area contributed by atoms with E-state index in [0.717, 1.165) is 28.1 Å². The second kappa shape index (κ2) is 9.17. The van der Waals surface area contributed by atoms with Gasteiger partial charge in [-0.15, -0.1) is 0 Å². The van der Waals surface area contributed by atoms with E-state index >= 15 is 0 Å². The normalized spacial score (nSPS) is 11.0. The van der Waals surface area contributed by atoms with Crippen molar-refractivity contribution in [2.45, 2.75) is 6.54 Å². The van der Waals surface area contributed by atoms with Gasteiger partial charge in [0, 0.05) is 49.4 Å². The zero-order chi connectivity index (χ0) is 21.6. The lowest BCUT2D eigenvalue weighted by Crippen LogP contribution is -2.24. The summed E-state index contributed by atoms with van der Waals surface area (Å²) < 4.78 is 14.9. The Kier molecular flexibility index (Phi) is 5.98. The number of para-hydroxylation sites is 1. The highest BCUT2D eigenvalue weighted by Gasteiger charge is 2.12. The topological polar surface area (TPSA) is 51.0 Å². The maximum Gasteiger partial charge on any atom is 0.246 e. The fourth-order valence-electron chi connectivity index (χ4n) is 3.18. The Hall–Kier alpha value is -4.06. The van der Waals surface area contributed by atoms with Crippen molar-refractivity contribution in [3.05, 3.63) is 108 Å². The first kappa shape index (κ1) is 20.2. The van der Waals surface area contributed by atoms with E-state index in [9.17, 15) is 9.18 Å². The fraction of sp³-hybridized carbons (Fsp3) is 0.0800. The molecule has 0 aliphatic rings. The lowest BCUT2D eigenvalue weighted by atomic mass is 10.1. The van der Waals surface area contributed by atoms with Crippen molar-refractivity contribution in [1.82, 2.24) is 19.7 Å². The maximum atomic E-state index is 13.1. The Balaban J connectivity index is 1.59. The summed E-state index contributed by atoms with van der Waals surface area (Å²) in [6, 6.07) is 19.7. The molecule has 2 aromatic heterocycles. The van der Waals surface area contributed by atoms with Crippen molar-refractivity contribution in [2.24, 2.45) is 0 Å². The van der Waals surface area contributed by atoms with Crippen molar-refractivity contribution in [2.75, 3.05) is 7.05 Å². The number of aromatic nitrogens is 3. The molecule has 0 atom stereocenters. The van der Waals surface area contributed by atoms with Crippen LogP contribution >= 0.6 is 0 Å². The number of rotatable bonds is 6. The Labute approximate surface area is 180 Å². The Morgan fingerprint density at radius 1 is 1.06 bits per heavy atom. The minimum Gasteiger partial charge on any atom is -0.338 e. The van der Waals surface area contributed by atoms with Crippen LogP contribution in [0.4, 0.5) is 4.39 Å². The van der Waals surface area contributed by atoms with E-state index in [0.29, 0.717) is 6.54 Å². The predicted molar refractivity (Wildman–Crippen MR) is 119 cm³/mol. The third-order valence-corrected chi connectivity index (χ3v) is 4.81. The van der Waals surface area contributed by atoms with Gasteiger partial charge in [0.15, 0.2) is 0 Å². The molecular formula is C25H21FN4O. The number of amides is 1. The van der Waals surface area contributed by atoms with Crippen molar-refractivity contribution >= 4 is 12.0 Å². The van der Waals surface area contributed by atoms with Crippen molar-refractivity contribution in [1.29, 1.82) is 0 Å². The molecule has 0 saturated carbocycles. The Morgan fingerprint density at radius 3 is 2.55 bits per heavy atom. The van der Waals surface area contributed by atoms with Crippen LogP contribution in [0.3, 0.4) is 0 Å². The highest BCUT2D eigenvalue weighted by atomic mass is 19.1. The van der Waals surface area contributed by atoms with Gasteiger partial charge in [0.25, 0.3) is 0 Å². The zero-order valence-electron chi connectivity index (χ0n) is 17.0. The number of hydrogen-bond donors (Lipinski definition) is 0. The average molecular weight is 412 g/mol. The predicted octanol–water partition coefficient (Wildman–Crippen LogP) is 4.75. The van der Waals surface area contributed by atoms with Gasteiger partial charge in [-0.25, -0.2) is 9.07 Å². The average Bonchev–Trinajstić information content (AvgIpc) is 3.24. The number of benzene rings is 2. The van der Waals surface area contributed by atoms with Crippen LogP contribution in [0, 0.1) is 5.82 Å². The van der Waals surface area contributed by atoms with Crippen LogP contribution < -0.4 is 0 Å². The monoisotopic (exact) mass is 412 g/mol. The number of carbonyl (C=O) groups excluding carboxylic acids is 1. The molecular weight excluding hydrogens is 391 g/mol. The summed E-state index contributed by atoms with van der Waals surface area (Å²) in [7, 11) is 1.71. The first-order valence-corrected chi connectivity index (χ1v) is 9.83.